The summed E-state index contributed by atoms with van der Waals surface area (Å²) in [6, 6.07) is 21.2. The lowest BCUT2D eigenvalue weighted by atomic mass is 10.1. The molecule has 2 nitrogen and oxygen atoms in total. The van der Waals surface area contributed by atoms with E-state index in [0.717, 1.165) is 18.4 Å². The van der Waals surface area contributed by atoms with Gasteiger partial charge in [-0.3, -0.25) is 4.99 Å². The Morgan fingerprint density at radius 3 is 1.90 bits per heavy atom. The first-order valence-electron chi connectivity index (χ1n) is 6.96. The quantitative estimate of drug-likeness (QED) is 0.721. The van der Waals surface area contributed by atoms with Crippen LogP contribution in [0.1, 0.15) is 0 Å². The maximum absolute atomic E-state index is 4.83. The molecule has 0 aliphatic carbocycles. The Morgan fingerprint density at radius 1 is 0.800 bits per heavy atom. The van der Waals surface area contributed by atoms with Gasteiger partial charge in [-0.15, -0.1) is 0 Å². The molecule has 0 atom stereocenters. The fraction of sp³-hybridized carbons (Fsp3) is 0.167. The van der Waals surface area contributed by atoms with Gasteiger partial charge in [0.15, 0.2) is 0 Å². The van der Waals surface area contributed by atoms with E-state index < -0.39 is 0 Å². The first-order valence-corrected chi connectivity index (χ1v) is 6.96. The van der Waals surface area contributed by atoms with Crippen LogP contribution in [0.4, 0.5) is 0 Å². The molecule has 20 heavy (non-hydrogen) atoms. The normalized spacial score (nSPS) is 10.8. The molecule has 0 radical (unpaired) electrons. The molecule has 2 heteroatoms. The average molecular weight is 262 g/mol. The van der Waals surface area contributed by atoms with E-state index >= 15 is 0 Å². The van der Waals surface area contributed by atoms with Gasteiger partial charge in [-0.1, -0.05) is 60.7 Å². The molecule has 3 aromatic rings. The molecule has 0 spiro atoms. The zero-order valence-corrected chi connectivity index (χ0v) is 11.6. The van der Waals surface area contributed by atoms with Crippen LogP contribution in [0.15, 0.2) is 65.7 Å². The summed E-state index contributed by atoms with van der Waals surface area (Å²) in [7, 11) is 1.96. The van der Waals surface area contributed by atoms with Crippen LogP contribution >= 0.6 is 0 Å². The predicted octanol–water partition coefficient (Wildman–Crippen LogP) is 3.11. The molecule has 0 fully saturated rings. The van der Waals surface area contributed by atoms with Crippen molar-refractivity contribution in [2.45, 2.75) is 0 Å². The van der Waals surface area contributed by atoms with Gasteiger partial charge in [-0.25, -0.2) is 0 Å². The van der Waals surface area contributed by atoms with Gasteiger partial charge in [0.05, 0.1) is 11.9 Å². The van der Waals surface area contributed by atoms with Crippen molar-refractivity contribution in [1.29, 1.82) is 0 Å². The van der Waals surface area contributed by atoms with Crippen molar-refractivity contribution >= 4 is 21.5 Å². The Bertz CT molecular complexity index is 745. The molecule has 0 bridgehead atoms. The second-order valence-electron chi connectivity index (χ2n) is 4.84. The highest BCUT2D eigenvalue weighted by Gasteiger charge is 1.99. The van der Waals surface area contributed by atoms with Crippen molar-refractivity contribution in [3.63, 3.8) is 0 Å². The number of nitrogens with zero attached hydrogens (tertiary/aromatic N) is 1. The summed E-state index contributed by atoms with van der Waals surface area (Å²) in [6.07, 6.45) is 0. The highest BCUT2D eigenvalue weighted by atomic mass is 14.9. The van der Waals surface area contributed by atoms with Gasteiger partial charge in [0.1, 0.15) is 0 Å². The van der Waals surface area contributed by atoms with E-state index in [0.29, 0.717) is 0 Å². The molecule has 0 aliphatic rings. The van der Waals surface area contributed by atoms with Gasteiger partial charge in [0.2, 0.25) is 0 Å². The van der Waals surface area contributed by atoms with Gasteiger partial charge in [0, 0.05) is 17.3 Å². The lowest BCUT2D eigenvalue weighted by molar-refractivity contribution is 0.793. The fourth-order valence-electron chi connectivity index (χ4n) is 2.49. The molecule has 100 valence electrons. The summed E-state index contributed by atoms with van der Waals surface area (Å²) in [5, 5.41) is 9.12. The summed E-state index contributed by atoms with van der Waals surface area (Å²) in [5.41, 5.74) is 0. The summed E-state index contributed by atoms with van der Waals surface area (Å²) >= 11 is 0. The molecule has 0 unspecified atom stereocenters. The number of likely N-dealkylation sites (N-methyl/N-ethyl adjacent to an activating group) is 1. The van der Waals surface area contributed by atoms with Crippen LogP contribution < -0.4 is 10.7 Å². The van der Waals surface area contributed by atoms with E-state index in [1.165, 1.54) is 21.5 Å². The largest absolute Gasteiger partial charge is 0.318 e. The van der Waals surface area contributed by atoms with E-state index in [2.05, 4.69) is 66.0 Å². The fourth-order valence-corrected chi connectivity index (χ4v) is 2.49. The third-order valence-corrected chi connectivity index (χ3v) is 3.51. The van der Waals surface area contributed by atoms with Crippen molar-refractivity contribution in [3.05, 3.63) is 66.0 Å². The molecule has 1 N–H and O–H groups in total. The van der Waals surface area contributed by atoms with Crippen LogP contribution in [-0.2, 0) is 0 Å². The van der Waals surface area contributed by atoms with Crippen LogP contribution in [0.5, 0.6) is 0 Å². The van der Waals surface area contributed by atoms with Crippen LogP contribution in [0.2, 0.25) is 0 Å². The van der Waals surface area contributed by atoms with E-state index in [1.807, 2.05) is 7.05 Å². The highest BCUT2D eigenvalue weighted by molar-refractivity contribution is 5.92. The minimum atomic E-state index is 0.786. The second-order valence-corrected chi connectivity index (χ2v) is 4.84. The SMILES string of the molecule is CNCCN=c1c2ccccc2ccc2ccccc12. The van der Waals surface area contributed by atoms with Crippen LogP contribution in [0.3, 0.4) is 0 Å². The van der Waals surface area contributed by atoms with Crippen LogP contribution in [0.25, 0.3) is 21.5 Å². The van der Waals surface area contributed by atoms with Crippen LogP contribution in [0, 0.1) is 0 Å². The molecule has 0 amide bonds. The zero-order valence-electron chi connectivity index (χ0n) is 11.6. The van der Waals surface area contributed by atoms with Gasteiger partial charge in [-0.2, -0.15) is 0 Å². The summed E-state index contributed by atoms with van der Waals surface area (Å²) in [6.45, 7) is 1.68. The number of nitrogens with one attached hydrogen (secondary N) is 1. The Hall–Kier alpha value is -2.19. The maximum Gasteiger partial charge on any atom is 0.0731 e. The van der Waals surface area contributed by atoms with E-state index in [4.69, 9.17) is 4.99 Å². The Balaban J connectivity index is 2.43. The van der Waals surface area contributed by atoms with Crippen molar-refractivity contribution < 1.29 is 0 Å². The number of fused-ring (bicyclic) bond motifs is 2. The summed E-state index contributed by atoms with van der Waals surface area (Å²) in [4.78, 5) is 4.83. The zero-order chi connectivity index (χ0) is 13.8. The molecular weight excluding hydrogens is 244 g/mol. The molecule has 0 aromatic heterocycles. The maximum atomic E-state index is 4.83. The number of hydrogen-bond donors (Lipinski definition) is 1. The molecule has 0 heterocycles. The van der Waals surface area contributed by atoms with Crippen molar-refractivity contribution in [3.8, 4) is 0 Å². The summed E-state index contributed by atoms with van der Waals surface area (Å²) < 4.78 is 0. The molecule has 3 aromatic carbocycles. The van der Waals surface area contributed by atoms with Crippen molar-refractivity contribution in [2.75, 3.05) is 20.1 Å². The van der Waals surface area contributed by atoms with E-state index in [1.54, 1.807) is 0 Å². The average Bonchev–Trinajstić information content (AvgIpc) is 2.66. The number of hydrogen-bond acceptors (Lipinski definition) is 2. The lowest BCUT2D eigenvalue weighted by Gasteiger charge is -1.97. The topological polar surface area (TPSA) is 24.4 Å². The van der Waals surface area contributed by atoms with Gasteiger partial charge in [-0.05, 0) is 17.8 Å². The standard InChI is InChI=1S/C18H18N2/c1-19-12-13-20-18-16-8-4-2-6-14(16)10-11-15-7-3-5-9-17(15)18/h2-11,19H,12-13H2,1H3. The third-order valence-electron chi connectivity index (χ3n) is 3.51. The monoisotopic (exact) mass is 262 g/mol. The molecular formula is C18H18N2. The van der Waals surface area contributed by atoms with Crippen molar-refractivity contribution in [1.82, 2.24) is 5.32 Å². The van der Waals surface area contributed by atoms with Crippen molar-refractivity contribution in [2.24, 2.45) is 4.99 Å². The predicted molar refractivity (Wildman–Crippen MR) is 85.8 cm³/mol. The van der Waals surface area contributed by atoms with Crippen LogP contribution in [-0.4, -0.2) is 20.1 Å². The van der Waals surface area contributed by atoms with Gasteiger partial charge in [0.25, 0.3) is 0 Å². The third kappa shape index (κ3) is 2.43. The van der Waals surface area contributed by atoms with E-state index in [9.17, 15) is 0 Å². The highest BCUT2D eigenvalue weighted by Crippen LogP contribution is 2.15. The lowest BCUT2D eigenvalue weighted by Crippen LogP contribution is -2.13. The Morgan fingerprint density at radius 2 is 1.35 bits per heavy atom. The van der Waals surface area contributed by atoms with Gasteiger partial charge < -0.3 is 5.32 Å². The second kappa shape index (κ2) is 5.85. The molecule has 0 saturated heterocycles. The van der Waals surface area contributed by atoms with E-state index in [-0.39, 0.29) is 0 Å². The smallest absolute Gasteiger partial charge is 0.0731 e. The minimum absolute atomic E-state index is 0.786. The van der Waals surface area contributed by atoms with Gasteiger partial charge >= 0.3 is 0 Å². The molecule has 0 aliphatic heterocycles. The number of rotatable bonds is 3. The number of benzene rings is 2. The Labute approximate surface area is 118 Å². The first kappa shape index (κ1) is 12.8. The summed E-state index contributed by atoms with van der Waals surface area (Å²) in [5.74, 6) is 0. The minimum Gasteiger partial charge on any atom is -0.318 e. The molecule has 0 saturated carbocycles. The Kier molecular flexibility index (Phi) is 3.75. The first-order chi connectivity index (χ1) is 9.90. The molecule has 3 rings (SSSR count).